The summed E-state index contributed by atoms with van der Waals surface area (Å²) in [5.41, 5.74) is 3.11. The van der Waals surface area contributed by atoms with Gasteiger partial charge in [-0.15, -0.1) is 0 Å². The molecule has 0 nitrogen and oxygen atoms in total. The molecule has 0 N–H and O–H groups in total. The molecule has 0 spiro atoms. The fraction of sp³-hybridized carbons (Fsp3) is 0.909. The van der Waals surface area contributed by atoms with E-state index in [1.807, 2.05) is 5.57 Å². The van der Waals surface area contributed by atoms with Gasteiger partial charge in [0, 0.05) is 0 Å². The summed E-state index contributed by atoms with van der Waals surface area (Å²) in [5, 5.41) is 0. The van der Waals surface area contributed by atoms with Crippen molar-refractivity contribution in [2.75, 3.05) is 0 Å². The van der Waals surface area contributed by atoms with Gasteiger partial charge in [-0.1, -0.05) is 45.8 Å². The third kappa shape index (κ3) is 1.94. The highest BCUT2D eigenvalue weighted by molar-refractivity contribution is 5.24. The largest absolute Gasteiger partial charge is 0.0845 e. The topological polar surface area (TPSA) is 0 Å². The monoisotopic (exact) mass is 300 g/mol. The molecule has 0 aromatic carbocycles. The molecule has 124 valence electrons. The summed E-state index contributed by atoms with van der Waals surface area (Å²) in [6, 6.07) is 0. The van der Waals surface area contributed by atoms with Gasteiger partial charge in [0.15, 0.2) is 0 Å². The lowest BCUT2D eigenvalue weighted by Crippen LogP contribution is -2.49. The molecule has 3 saturated carbocycles. The van der Waals surface area contributed by atoms with Gasteiger partial charge in [-0.2, -0.15) is 0 Å². The molecule has 4 aliphatic rings. The van der Waals surface area contributed by atoms with Gasteiger partial charge in [0.25, 0.3) is 0 Å². The van der Waals surface area contributed by atoms with Gasteiger partial charge in [0.2, 0.25) is 0 Å². The van der Waals surface area contributed by atoms with Crippen LogP contribution in [-0.2, 0) is 0 Å². The second-order valence-corrected chi connectivity index (χ2v) is 9.83. The minimum atomic E-state index is 0.570. The van der Waals surface area contributed by atoms with Gasteiger partial charge >= 0.3 is 0 Å². The Morgan fingerprint density at radius 1 is 1.05 bits per heavy atom. The number of fused-ring (bicyclic) bond motifs is 5. The van der Waals surface area contributed by atoms with Crippen LogP contribution in [0.25, 0.3) is 0 Å². The predicted octanol–water partition coefficient (Wildman–Crippen LogP) is 6.61. The molecule has 0 saturated heterocycles. The van der Waals surface area contributed by atoms with E-state index in [4.69, 9.17) is 0 Å². The van der Waals surface area contributed by atoms with E-state index in [0.29, 0.717) is 10.8 Å². The number of hydrogen-bond acceptors (Lipinski definition) is 0. The molecule has 0 radical (unpaired) electrons. The van der Waals surface area contributed by atoms with Gasteiger partial charge in [-0.05, 0) is 91.8 Å². The van der Waals surface area contributed by atoms with Crippen LogP contribution < -0.4 is 0 Å². The zero-order chi connectivity index (χ0) is 15.5. The van der Waals surface area contributed by atoms with Crippen LogP contribution in [0.5, 0.6) is 0 Å². The third-order valence-corrected chi connectivity index (χ3v) is 9.04. The highest BCUT2D eigenvalue weighted by Crippen LogP contribution is 2.66. The molecule has 0 heterocycles. The Kier molecular flexibility index (Phi) is 3.55. The molecule has 7 atom stereocenters. The van der Waals surface area contributed by atoms with Crippen molar-refractivity contribution >= 4 is 0 Å². The van der Waals surface area contributed by atoms with Gasteiger partial charge in [-0.3, -0.25) is 0 Å². The van der Waals surface area contributed by atoms with Crippen molar-refractivity contribution in [2.45, 2.75) is 85.5 Å². The van der Waals surface area contributed by atoms with Crippen LogP contribution in [0.3, 0.4) is 0 Å². The lowest BCUT2D eigenvalue weighted by Gasteiger charge is -2.58. The summed E-state index contributed by atoms with van der Waals surface area (Å²) in [6.07, 6.45) is 16.0. The van der Waals surface area contributed by atoms with E-state index in [9.17, 15) is 0 Å². The van der Waals surface area contributed by atoms with Crippen molar-refractivity contribution in [3.63, 3.8) is 0 Å². The molecule has 0 aromatic heterocycles. The number of hydrogen-bond donors (Lipinski definition) is 0. The molecule has 4 aliphatic carbocycles. The minimum Gasteiger partial charge on any atom is -0.0845 e. The molecular formula is C22H36. The molecule has 0 aromatic rings. The summed E-state index contributed by atoms with van der Waals surface area (Å²) in [7, 11) is 0. The first-order chi connectivity index (χ1) is 10.5. The highest BCUT2D eigenvalue weighted by atomic mass is 14.6. The Balaban J connectivity index is 1.66. The van der Waals surface area contributed by atoms with Crippen LogP contribution in [0.4, 0.5) is 0 Å². The molecule has 0 heteroatoms. The molecule has 0 bridgehead atoms. The quantitative estimate of drug-likeness (QED) is 0.478. The van der Waals surface area contributed by atoms with E-state index in [-0.39, 0.29) is 0 Å². The predicted molar refractivity (Wildman–Crippen MR) is 94.6 cm³/mol. The molecular weight excluding hydrogens is 264 g/mol. The molecule has 0 amide bonds. The van der Waals surface area contributed by atoms with Gasteiger partial charge in [-0.25, -0.2) is 0 Å². The van der Waals surface area contributed by atoms with Crippen molar-refractivity contribution in [3.8, 4) is 0 Å². The van der Waals surface area contributed by atoms with Crippen molar-refractivity contribution < 1.29 is 0 Å². The first kappa shape index (κ1) is 15.3. The average molecular weight is 301 g/mol. The van der Waals surface area contributed by atoms with Gasteiger partial charge < -0.3 is 0 Å². The number of rotatable bonds is 1. The molecule has 2 unspecified atom stereocenters. The van der Waals surface area contributed by atoms with Crippen LogP contribution >= 0.6 is 0 Å². The Morgan fingerprint density at radius 2 is 1.86 bits per heavy atom. The summed E-state index contributed by atoms with van der Waals surface area (Å²) in [5.74, 6) is 5.00. The summed E-state index contributed by atoms with van der Waals surface area (Å²) >= 11 is 0. The SMILES string of the molecule is CC[C@H]1CC[C@H]2C3CC=C4CC(C)CC[C@]4(C)[C@H]3CC[C@]12C. The molecule has 22 heavy (non-hydrogen) atoms. The fourth-order valence-electron chi connectivity index (χ4n) is 7.62. The van der Waals surface area contributed by atoms with Crippen LogP contribution in [-0.4, -0.2) is 0 Å². The first-order valence-corrected chi connectivity index (χ1v) is 10.2. The maximum atomic E-state index is 2.72. The number of allylic oxidation sites excluding steroid dienone is 2. The first-order valence-electron chi connectivity index (χ1n) is 10.2. The van der Waals surface area contributed by atoms with Crippen molar-refractivity contribution in [1.82, 2.24) is 0 Å². The van der Waals surface area contributed by atoms with Crippen LogP contribution in [0, 0.1) is 40.4 Å². The van der Waals surface area contributed by atoms with Gasteiger partial charge in [0.1, 0.15) is 0 Å². The fourth-order valence-corrected chi connectivity index (χ4v) is 7.62. The summed E-state index contributed by atoms with van der Waals surface area (Å²) < 4.78 is 0. The van der Waals surface area contributed by atoms with Crippen molar-refractivity contribution in [1.29, 1.82) is 0 Å². The Labute approximate surface area is 138 Å². The molecule has 3 fully saturated rings. The normalized spacial score (nSPS) is 54.2. The van der Waals surface area contributed by atoms with Gasteiger partial charge in [0.05, 0.1) is 0 Å². The third-order valence-electron chi connectivity index (χ3n) is 9.04. The second kappa shape index (κ2) is 5.12. The summed E-state index contributed by atoms with van der Waals surface area (Å²) in [6.45, 7) is 10.2. The van der Waals surface area contributed by atoms with E-state index < -0.39 is 0 Å². The van der Waals surface area contributed by atoms with Crippen molar-refractivity contribution in [3.05, 3.63) is 11.6 Å². The Hall–Kier alpha value is -0.260. The van der Waals surface area contributed by atoms with E-state index in [2.05, 4.69) is 33.8 Å². The van der Waals surface area contributed by atoms with Crippen LogP contribution in [0.2, 0.25) is 0 Å². The highest BCUT2D eigenvalue weighted by Gasteiger charge is 2.57. The standard InChI is InChI=1S/C22H36/c1-5-16-7-9-19-18-8-6-17-14-15(2)10-12-22(17,4)20(18)11-13-21(16,19)3/h6,15-16,18-20H,5,7-14H2,1-4H3/t15?,16-,18?,19-,20-,21+,22-/m0/s1. The average Bonchev–Trinajstić information content (AvgIpc) is 2.84. The lowest BCUT2D eigenvalue weighted by atomic mass is 9.47. The minimum absolute atomic E-state index is 0.570. The lowest BCUT2D eigenvalue weighted by molar-refractivity contribution is -0.0441. The van der Waals surface area contributed by atoms with E-state index in [1.54, 1.807) is 0 Å². The van der Waals surface area contributed by atoms with Crippen LogP contribution in [0.15, 0.2) is 11.6 Å². The zero-order valence-electron chi connectivity index (χ0n) is 15.3. The van der Waals surface area contributed by atoms with Crippen LogP contribution in [0.1, 0.15) is 85.5 Å². The second-order valence-electron chi connectivity index (χ2n) is 9.83. The zero-order valence-corrected chi connectivity index (χ0v) is 15.3. The maximum absolute atomic E-state index is 2.72. The maximum Gasteiger partial charge on any atom is -0.00851 e. The Morgan fingerprint density at radius 3 is 2.64 bits per heavy atom. The van der Waals surface area contributed by atoms with E-state index in [1.165, 1.54) is 57.8 Å². The van der Waals surface area contributed by atoms with Crippen molar-refractivity contribution in [2.24, 2.45) is 40.4 Å². The van der Waals surface area contributed by atoms with E-state index >= 15 is 0 Å². The Bertz CT molecular complexity index is 474. The smallest absolute Gasteiger partial charge is 0.00851 e. The summed E-state index contributed by atoms with van der Waals surface area (Å²) in [4.78, 5) is 0. The molecule has 0 aliphatic heterocycles. The molecule has 4 rings (SSSR count). The van der Waals surface area contributed by atoms with E-state index in [0.717, 1.165) is 29.6 Å².